The highest BCUT2D eigenvalue weighted by Gasteiger charge is 2.25. The van der Waals surface area contributed by atoms with Crippen LogP contribution in [0.5, 0.6) is 0 Å². The Bertz CT molecular complexity index is 725. The predicted molar refractivity (Wildman–Crippen MR) is 76.7 cm³/mol. The topological polar surface area (TPSA) is 128 Å². The first-order chi connectivity index (χ1) is 10.4. The fourth-order valence-electron chi connectivity index (χ4n) is 1.83. The zero-order valence-electron chi connectivity index (χ0n) is 11.3. The number of nitro benzene ring substituents is 2. The lowest BCUT2D eigenvalue weighted by Gasteiger charge is -2.06. The lowest BCUT2D eigenvalue weighted by Crippen LogP contribution is -2.13. The molecule has 0 saturated carbocycles. The number of benzene rings is 1. The number of anilines is 1. The van der Waals surface area contributed by atoms with Gasteiger partial charge in [0.05, 0.1) is 15.4 Å². The van der Waals surface area contributed by atoms with Gasteiger partial charge in [-0.05, 0) is 19.1 Å². The smallest absolute Gasteiger partial charge is 0.279 e. The van der Waals surface area contributed by atoms with Crippen LogP contribution in [-0.2, 0) is 0 Å². The van der Waals surface area contributed by atoms with Crippen LogP contribution in [0.3, 0.4) is 0 Å². The van der Waals surface area contributed by atoms with Crippen LogP contribution in [0, 0.1) is 27.2 Å². The molecule has 1 N–H and O–H groups in total. The van der Waals surface area contributed by atoms with Gasteiger partial charge in [-0.3, -0.25) is 30.0 Å². The van der Waals surface area contributed by atoms with E-state index in [1.165, 1.54) is 31.5 Å². The first kappa shape index (κ1) is 15.0. The zero-order chi connectivity index (χ0) is 16.3. The van der Waals surface area contributed by atoms with Crippen LogP contribution in [0.4, 0.5) is 17.1 Å². The summed E-state index contributed by atoms with van der Waals surface area (Å²) in [5.41, 5.74) is -0.801. The maximum atomic E-state index is 12.1. The van der Waals surface area contributed by atoms with Gasteiger partial charge >= 0.3 is 0 Å². The highest BCUT2D eigenvalue weighted by molar-refractivity contribution is 6.05. The molecule has 0 fully saturated rings. The van der Waals surface area contributed by atoms with Crippen molar-refractivity contribution in [3.8, 4) is 0 Å². The van der Waals surface area contributed by atoms with E-state index in [1.54, 1.807) is 0 Å². The van der Waals surface area contributed by atoms with E-state index in [1.807, 2.05) is 0 Å². The van der Waals surface area contributed by atoms with Crippen LogP contribution in [0.2, 0.25) is 0 Å². The van der Waals surface area contributed by atoms with E-state index in [-0.39, 0.29) is 11.1 Å². The fraction of sp³-hybridized carbons (Fsp3) is 0.0769. The Labute approximate surface area is 123 Å². The van der Waals surface area contributed by atoms with Crippen LogP contribution in [0.15, 0.2) is 36.7 Å². The van der Waals surface area contributed by atoms with Gasteiger partial charge in [-0.2, -0.15) is 0 Å². The van der Waals surface area contributed by atoms with Crippen LogP contribution < -0.4 is 5.32 Å². The predicted octanol–water partition coefficient (Wildman–Crippen LogP) is 2.46. The quantitative estimate of drug-likeness (QED) is 0.682. The minimum atomic E-state index is -0.758. The second-order valence-corrected chi connectivity index (χ2v) is 4.34. The van der Waals surface area contributed by atoms with E-state index >= 15 is 0 Å². The maximum Gasteiger partial charge on any atom is 0.279 e. The molecule has 0 spiro atoms. The third-order valence-electron chi connectivity index (χ3n) is 2.95. The SMILES string of the molecule is Cc1c([N+](=O)[O-])cc(C(=O)Nc2ccncc2)cc1[N+](=O)[O-]. The summed E-state index contributed by atoms with van der Waals surface area (Å²) in [7, 11) is 0. The average molecular weight is 302 g/mol. The molecule has 1 heterocycles. The third-order valence-corrected chi connectivity index (χ3v) is 2.95. The molecule has 22 heavy (non-hydrogen) atoms. The lowest BCUT2D eigenvalue weighted by molar-refractivity contribution is -0.395. The monoisotopic (exact) mass is 302 g/mol. The number of nitro groups is 2. The maximum absolute atomic E-state index is 12.1. The number of hydrogen-bond acceptors (Lipinski definition) is 6. The Morgan fingerprint density at radius 1 is 1.09 bits per heavy atom. The number of nitrogens with zero attached hydrogens (tertiary/aromatic N) is 3. The molecule has 1 aromatic heterocycles. The normalized spacial score (nSPS) is 10.0. The van der Waals surface area contributed by atoms with E-state index in [0.717, 1.165) is 12.1 Å². The number of nitrogens with one attached hydrogen (secondary N) is 1. The molecule has 9 nitrogen and oxygen atoms in total. The molecule has 0 aliphatic heterocycles. The minimum Gasteiger partial charge on any atom is -0.322 e. The van der Waals surface area contributed by atoms with E-state index in [9.17, 15) is 25.0 Å². The van der Waals surface area contributed by atoms with Gasteiger partial charge in [0.25, 0.3) is 17.3 Å². The summed E-state index contributed by atoms with van der Waals surface area (Å²) in [5, 5.41) is 24.4. The first-order valence-corrected chi connectivity index (χ1v) is 6.05. The Balaban J connectivity index is 2.44. The third kappa shape index (κ3) is 3.03. The van der Waals surface area contributed by atoms with Gasteiger partial charge in [0.15, 0.2) is 0 Å². The molecule has 2 rings (SSSR count). The number of carbonyl (C=O) groups is 1. The standard InChI is InChI=1S/C13H10N4O5/c1-8-11(16(19)20)6-9(7-12(8)17(21)22)13(18)15-10-2-4-14-5-3-10/h2-7H,1H3,(H,14,15,18). The Morgan fingerprint density at radius 2 is 1.59 bits per heavy atom. The van der Waals surface area contributed by atoms with Gasteiger partial charge in [0, 0.05) is 30.2 Å². The number of rotatable bonds is 4. The summed E-state index contributed by atoms with van der Waals surface area (Å²) < 4.78 is 0. The van der Waals surface area contributed by atoms with Gasteiger partial charge in [-0.15, -0.1) is 0 Å². The van der Waals surface area contributed by atoms with Crippen molar-refractivity contribution < 1.29 is 14.6 Å². The van der Waals surface area contributed by atoms with Crippen LogP contribution in [0.25, 0.3) is 0 Å². The molecule has 0 bridgehead atoms. The molecule has 9 heteroatoms. The Kier molecular flexibility index (Phi) is 4.07. The van der Waals surface area contributed by atoms with Gasteiger partial charge in [0.2, 0.25) is 0 Å². The molecule has 1 aromatic carbocycles. The molecule has 0 aliphatic rings. The molecule has 0 radical (unpaired) electrons. The molecule has 0 aliphatic carbocycles. The Hall–Kier alpha value is -3.36. The minimum absolute atomic E-state index is 0.101. The number of pyridine rings is 1. The van der Waals surface area contributed by atoms with Crippen molar-refractivity contribution >= 4 is 23.0 Å². The molecular weight excluding hydrogens is 292 g/mol. The van der Waals surface area contributed by atoms with Crippen molar-refractivity contribution in [2.45, 2.75) is 6.92 Å². The number of hydrogen-bond donors (Lipinski definition) is 1. The number of amides is 1. The second-order valence-electron chi connectivity index (χ2n) is 4.34. The van der Waals surface area contributed by atoms with Gasteiger partial charge in [0.1, 0.15) is 5.56 Å². The number of aromatic nitrogens is 1. The van der Waals surface area contributed by atoms with Crippen molar-refractivity contribution in [2.24, 2.45) is 0 Å². The largest absolute Gasteiger partial charge is 0.322 e. The molecule has 112 valence electrons. The average Bonchev–Trinajstić information content (AvgIpc) is 2.47. The zero-order valence-corrected chi connectivity index (χ0v) is 11.3. The summed E-state index contributed by atoms with van der Waals surface area (Å²) >= 11 is 0. The molecule has 0 saturated heterocycles. The molecule has 0 atom stereocenters. The first-order valence-electron chi connectivity index (χ1n) is 6.05. The molecular formula is C13H10N4O5. The van der Waals surface area contributed by atoms with Crippen molar-refractivity contribution in [1.82, 2.24) is 4.98 Å². The van der Waals surface area contributed by atoms with Crippen molar-refractivity contribution in [2.75, 3.05) is 5.32 Å². The molecule has 2 aromatic rings. The van der Waals surface area contributed by atoms with E-state index < -0.39 is 27.1 Å². The Morgan fingerprint density at radius 3 is 2.05 bits per heavy atom. The van der Waals surface area contributed by atoms with E-state index in [4.69, 9.17) is 0 Å². The summed E-state index contributed by atoms with van der Waals surface area (Å²) in [6.45, 7) is 1.26. The molecule has 0 unspecified atom stereocenters. The van der Waals surface area contributed by atoms with E-state index in [2.05, 4.69) is 10.3 Å². The van der Waals surface area contributed by atoms with Crippen molar-refractivity contribution in [3.63, 3.8) is 0 Å². The van der Waals surface area contributed by atoms with Crippen molar-refractivity contribution in [1.29, 1.82) is 0 Å². The van der Waals surface area contributed by atoms with E-state index in [0.29, 0.717) is 5.69 Å². The summed E-state index contributed by atoms with van der Waals surface area (Å²) in [5.74, 6) is -0.683. The summed E-state index contributed by atoms with van der Waals surface area (Å²) in [6.07, 6.45) is 2.91. The van der Waals surface area contributed by atoms with Crippen molar-refractivity contribution in [3.05, 3.63) is 68.0 Å². The molecule has 1 amide bonds. The van der Waals surface area contributed by atoms with Gasteiger partial charge in [-0.1, -0.05) is 0 Å². The number of carbonyl (C=O) groups excluding carboxylic acids is 1. The summed E-state index contributed by atoms with van der Waals surface area (Å²) in [4.78, 5) is 36.3. The van der Waals surface area contributed by atoms with Gasteiger partial charge in [-0.25, -0.2) is 0 Å². The summed E-state index contributed by atoms with van der Waals surface area (Å²) in [6, 6.07) is 5.07. The highest BCUT2D eigenvalue weighted by Crippen LogP contribution is 2.29. The van der Waals surface area contributed by atoms with Crippen LogP contribution in [-0.4, -0.2) is 20.7 Å². The van der Waals surface area contributed by atoms with Crippen LogP contribution >= 0.6 is 0 Å². The van der Waals surface area contributed by atoms with Crippen LogP contribution in [0.1, 0.15) is 15.9 Å². The second kappa shape index (κ2) is 5.95. The fourth-order valence-corrected chi connectivity index (χ4v) is 1.83. The van der Waals surface area contributed by atoms with Gasteiger partial charge < -0.3 is 5.32 Å². The lowest BCUT2D eigenvalue weighted by atomic mass is 10.1. The highest BCUT2D eigenvalue weighted by atomic mass is 16.6.